The number of benzene rings is 2. The van der Waals surface area contributed by atoms with Crippen LogP contribution in [0.25, 0.3) is 16.8 Å². The van der Waals surface area contributed by atoms with Crippen LogP contribution in [0.2, 0.25) is 0 Å². The van der Waals surface area contributed by atoms with Crippen LogP contribution in [0, 0.1) is 13.8 Å². The van der Waals surface area contributed by atoms with E-state index in [9.17, 15) is 9.59 Å². The van der Waals surface area contributed by atoms with Gasteiger partial charge in [-0.1, -0.05) is 18.2 Å². The van der Waals surface area contributed by atoms with E-state index in [-0.39, 0.29) is 18.0 Å². The minimum Gasteiger partial charge on any atom is -0.494 e. The summed E-state index contributed by atoms with van der Waals surface area (Å²) in [6.45, 7) is 6.34. The SMILES string of the molecule is CCOc1ccc(-c2cc3c(=O)n(CC(=O)Nc4c(C)cccc4C)ccn3n2)cc1. The molecule has 1 amide bonds. The number of hydrogen-bond donors (Lipinski definition) is 1. The summed E-state index contributed by atoms with van der Waals surface area (Å²) in [7, 11) is 0. The van der Waals surface area contributed by atoms with Gasteiger partial charge in [0.15, 0.2) is 0 Å². The van der Waals surface area contributed by atoms with Gasteiger partial charge in [0, 0.05) is 23.6 Å². The van der Waals surface area contributed by atoms with Gasteiger partial charge in [0.1, 0.15) is 17.8 Å². The minimum atomic E-state index is -0.274. The Balaban J connectivity index is 1.58. The first-order valence-electron chi connectivity index (χ1n) is 10.1. The third kappa shape index (κ3) is 4.21. The number of aryl methyl sites for hydroxylation is 2. The summed E-state index contributed by atoms with van der Waals surface area (Å²) in [5, 5.41) is 7.41. The van der Waals surface area contributed by atoms with Crippen molar-refractivity contribution >= 4 is 17.1 Å². The first-order chi connectivity index (χ1) is 15.0. The Kier molecular flexibility index (Phi) is 5.58. The highest BCUT2D eigenvalue weighted by atomic mass is 16.5. The molecule has 0 aliphatic heterocycles. The summed E-state index contributed by atoms with van der Waals surface area (Å²) in [5.41, 5.74) is 4.43. The molecule has 158 valence electrons. The standard InChI is InChI=1S/C24H24N4O3/c1-4-31-19-10-8-18(9-11-19)20-14-21-24(30)27(12-13-28(21)26-20)15-22(29)25-23-16(2)6-5-7-17(23)3/h5-14H,4,15H2,1-3H3,(H,25,29). The van der Waals surface area contributed by atoms with Crippen molar-refractivity contribution in [2.45, 2.75) is 27.3 Å². The second-order valence-corrected chi connectivity index (χ2v) is 7.36. The van der Waals surface area contributed by atoms with Gasteiger partial charge in [-0.25, -0.2) is 4.52 Å². The second kappa shape index (κ2) is 8.47. The maximum atomic E-state index is 12.9. The number of fused-ring (bicyclic) bond motifs is 1. The molecule has 0 aliphatic carbocycles. The highest BCUT2D eigenvalue weighted by Crippen LogP contribution is 2.22. The van der Waals surface area contributed by atoms with Gasteiger partial charge in [0.2, 0.25) is 5.91 Å². The van der Waals surface area contributed by atoms with Gasteiger partial charge in [-0.15, -0.1) is 0 Å². The van der Waals surface area contributed by atoms with Crippen molar-refractivity contribution < 1.29 is 9.53 Å². The lowest BCUT2D eigenvalue weighted by Gasteiger charge is -2.12. The molecule has 0 fully saturated rings. The maximum absolute atomic E-state index is 12.9. The van der Waals surface area contributed by atoms with Gasteiger partial charge in [0.05, 0.1) is 12.3 Å². The van der Waals surface area contributed by atoms with Crippen molar-refractivity contribution in [2.24, 2.45) is 0 Å². The predicted molar refractivity (Wildman–Crippen MR) is 121 cm³/mol. The first kappa shape index (κ1) is 20.4. The molecular weight excluding hydrogens is 392 g/mol. The minimum absolute atomic E-state index is 0.0767. The topological polar surface area (TPSA) is 77.6 Å². The monoisotopic (exact) mass is 416 g/mol. The second-order valence-electron chi connectivity index (χ2n) is 7.36. The number of aromatic nitrogens is 3. The van der Waals surface area contributed by atoms with Crippen molar-refractivity contribution in [3.63, 3.8) is 0 Å². The lowest BCUT2D eigenvalue weighted by Crippen LogP contribution is -2.28. The third-order valence-electron chi connectivity index (χ3n) is 5.12. The molecular formula is C24H24N4O3. The molecule has 0 atom stereocenters. The molecule has 2 heterocycles. The van der Waals surface area contributed by atoms with Crippen molar-refractivity contribution in [2.75, 3.05) is 11.9 Å². The number of carbonyl (C=O) groups is 1. The molecule has 31 heavy (non-hydrogen) atoms. The highest BCUT2D eigenvalue weighted by molar-refractivity contribution is 5.92. The summed E-state index contributed by atoms with van der Waals surface area (Å²) < 4.78 is 8.39. The molecule has 7 heteroatoms. The molecule has 0 bridgehead atoms. The van der Waals surface area contributed by atoms with Gasteiger partial charge >= 0.3 is 0 Å². The van der Waals surface area contributed by atoms with Crippen molar-refractivity contribution in [3.05, 3.63) is 82.4 Å². The molecule has 1 N–H and O–H groups in total. The number of carbonyl (C=O) groups excluding carboxylic acids is 1. The summed E-state index contributed by atoms with van der Waals surface area (Å²) >= 11 is 0. The van der Waals surface area contributed by atoms with Crippen LogP contribution in [0.3, 0.4) is 0 Å². The fourth-order valence-corrected chi connectivity index (χ4v) is 3.53. The number of para-hydroxylation sites is 1. The molecule has 4 rings (SSSR count). The van der Waals surface area contributed by atoms with Gasteiger partial charge in [-0.2, -0.15) is 5.10 Å². The van der Waals surface area contributed by atoms with E-state index in [0.717, 1.165) is 28.1 Å². The number of nitrogens with one attached hydrogen (secondary N) is 1. The average molecular weight is 416 g/mol. The van der Waals surface area contributed by atoms with E-state index in [0.29, 0.717) is 17.8 Å². The molecule has 0 saturated carbocycles. The third-order valence-corrected chi connectivity index (χ3v) is 5.12. The maximum Gasteiger partial charge on any atom is 0.277 e. The van der Waals surface area contributed by atoms with Crippen molar-refractivity contribution in [1.82, 2.24) is 14.2 Å². The van der Waals surface area contributed by atoms with E-state index in [1.54, 1.807) is 18.5 Å². The normalized spacial score (nSPS) is 10.9. The summed E-state index contributed by atoms with van der Waals surface area (Å²) in [4.78, 5) is 25.5. The van der Waals surface area contributed by atoms with Crippen LogP contribution < -0.4 is 15.6 Å². The van der Waals surface area contributed by atoms with Crippen LogP contribution >= 0.6 is 0 Å². The van der Waals surface area contributed by atoms with E-state index in [2.05, 4.69) is 10.4 Å². The van der Waals surface area contributed by atoms with Gasteiger partial charge in [-0.3, -0.25) is 9.59 Å². The van der Waals surface area contributed by atoms with E-state index in [1.165, 1.54) is 9.08 Å². The van der Waals surface area contributed by atoms with E-state index < -0.39 is 0 Å². The number of amides is 1. The van der Waals surface area contributed by atoms with Crippen molar-refractivity contribution in [1.29, 1.82) is 0 Å². The molecule has 7 nitrogen and oxygen atoms in total. The quantitative estimate of drug-likeness (QED) is 0.518. The lowest BCUT2D eigenvalue weighted by molar-refractivity contribution is -0.116. The number of hydrogen-bond acceptors (Lipinski definition) is 4. The first-order valence-corrected chi connectivity index (χ1v) is 10.1. The number of ether oxygens (including phenoxy) is 1. The fraction of sp³-hybridized carbons (Fsp3) is 0.208. The fourth-order valence-electron chi connectivity index (χ4n) is 3.53. The van der Waals surface area contributed by atoms with Crippen LogP contribution in [0.4, 0.5) is 5.69 Å². The summed E-state index contributed by atoms with van der Waals surface area (Å²) in [6.07, 6.45) is 3.26. The summed E-state index contributed by atoms with van der Waals surface area (Å²) in [6, 6.07) is 15.1. The van der Waals surface area contributed by atoms with E-state index in [4.69, 9.17) is 4.74 Å². The molecule has 0 spiro atoms. The van der Waals surface area contributed by atoms with Crippen LogP contribution in [0.5, 0.6) is 5.75 Å². The predicted octanol–water partition coefficient (Wildman–Crippen LogP) is 3.82. The molecule has 4 aromatic rings. The molecule has 2 aromatic carbocycles. The Labute approximate surface area is 179 Å². The largest absolute Gasteiger partial charge is 0.494 e. The number of rotatable bonds is 6. The Morgan fingerprint density at radius 1 is 1.06 bits per heavy atom. The molecule has 2 aromatic heterocycles. The van der Waals surface area contributed by atoms with Crippen LogP contribution in [0.1, 0.15) is 18.1 Å². The molecule has 0 saturated heterocycles. The number of anilines is 1. The van der Waals surface area contributed by atoms with E-state index >= 15 is 0 Å². The Hall–Kier alpha value is -3.87. The lowest BCUT2D eigenvalue weighted by atomic mass is 10.1. The molecule has 0 unspecified atom stereocenters. The zero-order chi connectivity index (χ0) is 22.0. The Morgan fingerprint density at radius 2 is 1.77 bits per heavy atom. The van der Waals surface area contributed by atoms with Gasteiger partial charge < -0.3 is 14.6 Å². The van der Waals surface area contributed by atoms with Crippen LogP contribution in [-0.4, -0.2) is 26.7 Å². The van der Waals surface area contributed by atoms with Crippen LogP contribution in [0.15, 0.2) is 65.7 Å². The zero-order valence-electron chi connectivity index (χ0n) is 17.8. The average Bonchev–Trinajstić information content (AvgIpc) is 3.19. The smallest absolute Gasteiger partial charge is 0.277 e. The zero-order valence-corrected chi connectivity index (χ0v) is 17.8. The van der Waals surface area contributed by atoms with E-state index in [1.807, 2.05) is 63.2 Å². The Morgan fingerprint density at radius 3 is 2.45 bits per heavy atom. The highest BCUT2D eigenvalue weighted by Gasteiger charge is 2.13. The van der Waals surface area contributed by atoms with Gasteiger partial charge in [-0.05, 0) is 62.2 Å². The molecule has 0 aliphatic rings. The number of nitrogens with zero attached hydrogens (tertiary/aromatic N) is 3. The van der Waals surface area contributed by atoms with Gasteiger partial charge in [0.25, 0.3) is 5.56 Å². The van der Waals surface area contributed by atoms with Crippen LogP contribution in [-0.2, 0) is 11.3 Å². The molecule has 0 radical (unpaired) electrons. The summed E-state index contributed by atoms with van der Waals surface area (Å²) in [5.74, 6) is 0.530. The van der Waals surface area contributed by atoms with Crippen molar-refractivity contribution in [3.8, 4) is 17.0 Å². The Bertz CT molecular complexity index is 1280.